The molecule has 2 aromatic carbocycles. The van der Waals surface area contributed by atoms with Crippen molar-refractivity contribution >= 4 is 22.7 Å². The standard InChI is InChI=1S/C19H19N3O3/c1-24-19(23)14-2-7-17-18(12-14)22(13-20-17)16-5-3-15(4-6-16)21-8-10-25-11-9-21/h2-7,12-13H,8-11H2,1H3. The van der Waals surface area contributed by atoms with Gasteiger partial charge in [0, 0.05) is 24.5 Å². The molecule has 2 heterocycles. The number of methoxy groups -OCH3 is 1. The topological polar surface area (TPSA) is 56.6 Å². The Kier molecular flexibility index (Phi) is 4.11. The Balaban J connectivity index is 1.68. The third-order valence-corrected chi connectivity index (χ3v) is 4.47. The second kappa shape index (κ2) is 6.57. The lowest BCUT2D eigenvalue weighted by Gasteiger charge is -2.28. The predicted molar refractivity (Wildman–Crippen MR) is 95.4 cm³/mol. The van der Waals surface area contributed by atoms with E-state index in [2.05, 4.69) is 34.1 Å². The van der Waals surface area contributed by atoms with Crippen LogP contribution in [0, 0.1) is 0 Å². The van der Waals surface area contributed by atoms with E-state index >= 15 is 0 Å². The molecule has 1 aliphatic heterocycles. The molecule has 128 valence electrons. The molecule has 3 aromatic rings. The van der Waals surface area contributed by atoms with Gasteiger partial charge < -0.3 is 14.4 Å². The highest BCUT2D eigenvalue weighted by atomic mass is 16.5. The van der Waals surface area contributed by atoms with Crippen LogP contribution in [0.4, 0.5) is 5.69 Å². The van der Waals surface area contributed by atoms with Gasteiger partial charge in [-0.05, 0) is 42.5 Å². The summed E-state index contributed by atoms with van der Waals surface area (Å²) in [5, 5.41) is 0. The van der Waals surface area contributed by atoms with Crippen LogP contribution in [-0.2, 0) is 9.47 Å². The van der Waals surface area contributed by atoms with E-state index in [4.69, 9.17) is 9.47 Å². The summed E-state index contributed by atoms with van der Waals surface area (Å²) < 4.78 is 12.2. The molecular formula is C19H19N3O3. The first kappa shape index (κ1) is 15.7. The van der Waals surface area contributed by atoms with Crippen LogP contribution < -0.4 is 4.90 Å². The van der Waals surface area contributed by atoms with Crippen molar-refractivity contribution < 1.29 is 14.3 Å². The minimum absolute atomic E-state index is 0.350. The van der Waals surface area contributed by atoms with Gasteiger partial charge in [-0.2, -0.15) is 0 Å². The van der Waals surface area contributed by atoms with E-state index in [1.54, 1.807) is 12.4 Å². The number of hydrogen-bond acceptors (Lipinski definition) is 5. The van der Waals surface area contributed by atoms with Gasteiger partial charge in [0.1, 0.15) is 6.33 Å². The Morgan fingerprint density at radius 1 is 1.08 bits per heavy atom. The predicted octanol–water partition coefficient (Wildman–Crippen LogP) is 2.65. The number of imidazole rings is 1. The Morgan fingerprint density at radius 2 is 1.80 bits per heavy atom. The highest BCUT2D eigenvalue weighted by molar-refractivity contribution is 5.94. The fourth-order valence-corrected chi connectivity index (χ4v) is 3.10. The summed E-state index contributed by atoms with van der Waals surface area (Å²) >= 11 is 0. The number of anilines is 1. The van der Waals surface area contributed by atoms with Gasteiger partial charge in [-0.1, -0.05) is 0 Å². The van der Waals surface area contributed by atoms with Gasteiger partial charge in [-0.25, -0.2) is 9.78 Å². The molecule has 6 nitrogen and oxygen atoms in total. The number of morpholine rings is 1. The van der Waals surface area contributed by atoms with E-state index in [-0.39, 0.29) is 5.97 Å². The van der Waals surface area contributed by atoms with Crippen molar-refractivity contribution in [1.29, 1.82) is 0 Å². The Labute approximate surface area is 145 Å². The molecule has 0 unspecified atom stereocenters. The fraction of sp³-hybridized carbons (Fsp3) is 0.263. The van der Waals surface area contributed by atoms with Crippen LogP contribution in [0.2, 0.25) is 0 Å². The zero-order valence-electron chi connectivity index (χ0n) is 14.0. The quantitative estimate of drug-likeness (QED) is 0.688. The van der Waals surface area contributed by atoms with Crippen LogP contribution in [0.1, 0.15) is 10.4 Å². The average molecular weight is 337 g/mol. The molecule has 0 radical (unpaired) electrons. The maximum absolute atomic E-state index is 11.8. The molecule has 0 spiro atoms. The molecule has 6 heteroatoms. The first-order valence-electron chi connectivity index (χ1n) is 8.25. The summed E-state index contributed by atoms with van der Waals surface area (Å²) in [5.41, 5.74) is 4.42. The molecule has 1 fully saturated rings. The number of hydrogen-bond donors (Lipinski definition) is 0. The first-order chi connectivity index (χ1) is 12.3. The van der Waals surface area contributed by atoms with Crippen molar-refractivity contribution in [2.24, 2.45) is 0 Å². The van der Waals surface area contributed by atoms with E-state index in [0.29, 0.717) is 5.56 Å². The molecule has 0 bridgehead atoms. The van der Waals surface area contributed by atoms with Crippen molar-refractivity contribution in [2.75, 3.05) is 38.3 Å². The number of aromatic nitrogens is 2. The van der Waals surface area contributed by atoms with Crippen LogP contribution in [-0.4, -0.2) is 48.9 Å². The molecule has 0 saturated carbocycles. The highest BCUT2D eigenvalue weighted by Gasteiger charge is 2.13. The zero-order chi connectivity index (χ0) is 17.2. The molecule has 1 saturated heterocycles. The molecule has 4 rings (SSSR count). The monoisotopic (exact) mass is 337 g/mol. The summed E-state index contributed by atoms with van der Waals surface area (Å²) in [5.74, 6) is -0.350. The van der Waals surface area contributed by atoms with Crippen LogP contribution in [0.25, 0.3) is 16.7 Å². The molecule has 0 atom stereocenters. The second-order valence-electron chi connectivity index (χ2n) is 5.93. The van der Waals surface area contributed by atoms with Crippen molar-refractivity contribution in [3.05, 3.63) is 54.4 Å². The number of rotatable bonds is 3. The lowest BCUT2D eigenvalue weighted by molar-refractivity contribution is 0.0601. The number of esters is 1. The lowest BCUT2D eigenvalue weighted by atomic mass is 10.2. The average Bonchev–Trinajstić information content (AvgIpc) is 3.11. The number of carbonyl (C=O) groups excluding carboxylic acids is 1. The van der Waals surface area contributed by atoms with Crippen molar-refractivity contribution in [3.8, 4) is 5.69 Å². The Bertz CT molecular complexity index is 896. The molecule has 1 aliphatic rings. The molecule has 25 heavy (non-hydrogen) atoms. The number of carbonyl (C=O) groups is 1. The molecule has 1 aromatic heterocycles. The maximum Gasteiger partial charge on any atom is 0.337 e. The largest absolute Gasteiger partial charge is 0.465 e. The fourth-order valence-electron chi connectivity index (χ4n) is 3.10. The van der Waals surface area contributed by atoms with Crippen LogP contribution in [0.15, 0.2) is 48.8 Å². The molecular weight excluding hydrogens is 318 g/mol. The third kappa shape index (κ3) is 2.96. The van der Waals surface area contributed by atoms with E-state index in [0.717, 1.165) is 43.0 Å². The molecule has 0 aliphatic carbocycles. The van der Waals surface area contributed by atoms with E-state index in [1.165, 1.54) is 12.8 Å². The van der Waals surface area contributed by atoms with E-state index < -0.39 is 0 Å². The van der Waals surface area contributed by atoms with Gasteiger partial charge in [0.05, 0.1) is 36.9 Å². The second-order valence-corrected chi connectivity index (χ2v) is 5.93. The van der Waals surface area contributed by atoms with Gasteiger partial charge in [0.2, 0.25) is 0 Å². The maximum atomic E-state index is 11.8. The smallest absolute Gasteiger partial charge is 0.337 e. The molecule has 0 amide bonds. The normalized spacial score (nSPS) is 14.7. The van der Waals surface area contributed by atoms with E-state index in [1.807, 2.05) is 16.7 Å². The summed E-state index contributed by atoms with van der Waals surface area (Å²) in [6.07, 6.45) is 1.77. The van der Waals surface area contributed by atoms with Gasteiger partial charge >= 0.3 is 5.97 Å². The Hall–Kier alpha value is -2.86. The SMILES string of the molecule is COC(=O)c1ccc2ncn(-c3ccc(N4CCOCC4)cc3)c2c1. The van der Waals surface area contributed by atoms with Crippen molar-refractivity contribution in [2.45, 2.75) is 0 Å². The summed E-state index contributed by atoms with van der Waals surface area (Å²) in [4.78, 5) is 18.5. The highest BCUT2D eigenvalue weighted by Crippen LogP contribution is 2.23. The number of benzene rings is 2. The Morgan fingerprint density at radius 3 is 2.52 bits per heavy atom. The lowest BCUT2D eigenvalue weighted by Crippen LogP contribution is -2.36. The minimum atomic E-state index is -0.350. The minimum Gasteiger partial charge on any atom is -0.465 e. The van der Waals surface area contributed by atoms with Gasteiger partial charge in [-0.3, -0.25) is 4.57 Å². The van der Waals surface area contributed by atoms with Crippen LogP contribution in [0.5, 0.6) is 0 Å². The van der Waals surface area contributed by atoms with Crippen molar-refractivity contribution in [3.63, 3.8) is 0 Å². The van der Waals surface area contributed by atoms with Gasteiger partial charge in [0.25, 0.3) is 0 Å². The summed E-state index contributed by atoms with van der Waals surface area (Å²) in [7, 11) is 1.38. The molecule has 0 N–H and O–H groups in total. The zero-order valence-corrected chi connectivity index (χ0v) is 14.0. The van der Waals surface area contributed by atoms with Gasteiger partial charge in [0.15, 0.2) is 0 Å². The van der Waals surface area contributed by atoms with E-state index in [9.17, 15) is 4.79 Å². The number of fused-ring (bicyclic) bond motifs is 1. The first-order valence-corrected chi connectivity index (χ1v) is 8.25. The summed E-state index contributed by atoms with van der Waals surface area (Å²) in [6.45, 7) is 3.36. The number of ether oxygens (including phenoxy) is 2. The van der Waals surface area contributed by atoms with Crippen LogP contribution in [0.3, 0.4) is 0 Å². The third-order valence-electron chi connectivity index (χ3n) is 4.47. The van der Waals surface area contributed by atoms with Gasteiger partial charge in [-0.15, -0.1) is 0 Å². The van der Waals surface area contributed by atoms with Crippen molar-refractivity contribution in [1.82, 2.24) is 9.55 Å². The number of nitrogens with zero attached hydrogens (tertiary/aromatic N) is 3. The summed E-state index contributed by atoms with van der Waals surface area (Å²) in [6, 6.07) is 13.7. The van der Waals surface area contributed by atoms with Crippen LogP contribution >= 0.6 is 0 Å².